The van der Waals surface area contributed by atoms with Crippen molar-refractivity contribution in [3.63, 3.8) is 0 Å². The predicted molar refractivity (Wildman–Crippen MR) is 61.7 cm³/mol. The molecule has 0 amide bonds. The topological polar surface area (TPSA) is 53.4 Å². The molecule has 2 heterocycles. The summed E-state index contributed by atoms with van der Waals surface area (Å²) in [7, 11) is 0. The summed E-state index contributed by atoms with van der Waals surface area (Å²) in [6, 6.07) is 4.14. The van der Waals surface area contributed by atoms with Gasteiger partial charge in [0.1, 0.15) is 5.82 Å². The molecule has 0 saturated carbocycles. The molecule has 0 aliphatic carbocycles. The SMILES string of the molecule is O=c1cnc2ccc(F)cc2n1CC1OCCO1. The molecule has 6 heteroatoms. The Morgan fingerprint density at radius 2 is 2.17 bits per heavy atom. The van der Waals surface area contributed by atoms with E-state index in [9.17, 15) is 9.18 Å². The second kappa shape index (κ2) is 4.47. The van der Waals surface area contributed by atoms with Crippen LogP contribution in [0.15, 0.2) is 29.2 Å². The number of ether oxygens (including phenoxy) is 2. The number of halogens is 1. The van der Waals surface area contributed by atoms with Gasteiger partial charge in [-0.15, -0.1) is 0 Å². The first-order chi connectivity index (χ1) is 8.74. The predicted octanol–water partition coefficient (Wildman–Crippen LogP) is 0.908. The van der Waals surface area contributed by atoms with Crippen LogP contribution in [-0.4, -0.2) is 29.1 Å². The molecule has 3 rings (SSSR count). The van der Waals surface area contributed by atoms with E-state index in [1.54, 1.807) is 0 Å². The summed E-state index contributed by atoms with van der Waals surface area (Å²) in [5.41, 5.74) is 0.711. The molecule has 1 aromatic carbocycles. The molecular weight excluding hydrogens is 239 g/mol. The molecule has 1 saturated heterocycles. The van der Waals surface area contributed by atoms with Crippen LogP contribution in [0.4, 0.5) is 4.39 Å². The molecule has 18 heavy (non-hydrogen) atoms. The van der Waals surface area contributed by atoms with E-state index in [4.69, 9.17) is 9.47 Å². The lowest BCUT2D eigenvalue weighted by Gasteiger charge is -2.13. The Kier molecular flexibility index (Phi) is 2.81. The second-order valence-electron chi connectivity index (χ2n) is 4.01. The first-order valence-corrected chi connectivity index (χ1v) is 5.62. The van der Waals surface area contributed by atoms with Gasteiger partial charge < -0.3 is 14.0 Å². The maximum absolute atomic E-state index is 13.3. The fourth-order valence-electron chi connectivity index (χ4n) is 1.99. The van der Waals surface area contributed by atoms with Gasteiger partial charge in [-0.3, -0.25) is 4.79 Å². The highest BCUT2D eigenvalue weighted by Gasteiger charge is 2.18. The smallest absolute Gasteiger partial charge is 0.269 e. The average Bonchev–Trinajstić information content (AvgIpc) is 2.86. The summed E-state index contributed by atoms with van der Waals surface area (Å²) >= 11 is 0. The summed E-state index contributed by atoms with van der Waals surface area (Å²) in [5, 5.41) is 0. The van der Waals surface area contributed by atoms with Crippen LogP contribution in [0.5, 0.6) is 0 Å². The Morgan fingerprint density at radius 1 is 1.39 bits per heavy atom. The Hall–Kier alpha value is -1.79. The van der Waals surface area contributed by atoms with E-state index >= 15 is 0 Å². The van der Waals surface area contributed by atoms with E-state index in [0.29, 0.717) is 24.2 Å². The first kappa shape index (κ1) is 11.3. The van der Waals surface area contributed by atoms with Gasteiger partial charge in [-0.05, 0) is 18.2 Å². The van der Waals surface area contributed by atoms with E-state index in [1.165, 1.54) is 29.0 Å². The van der Waals surface area contributed by atoms with Gasteiger partial charge in [-0.1, -0.05) is 0 Å². The van der Waals surface area contributed by atoms with Gasteiger partial charge in [0.15, 0.2) is 6.29 Å². The van der Waals surface area contributed by atoms with Crippen LogP contribution in [0.3, 0.4) is 0 Å². The zero-order valence-corrected chi connectivity index (χ0v) is 9.51. The van der Waals surface area contributed by atoms with Crippen molar-refractivity contribution >= 4 is 11.0 Å². The van der Waals surface area contributed by atoms with Crippen LogP contribution in [0.25, 0.3) is 11.0 Å². The van der Waals surface area contributed by atoms with E-state index in [1.807, 2.05) is 0 Å². The maximum atomic E-state index is 13.3. The van der Waals surface area contributed by atoms with Crippen molar-refractivity contribution in [2.24, 2.45) is 0 Å². The largest absolute Gasteiger partial charge is 0.348 e. The first-order valence-electron chi connectivity index (χ1n) is 5.62. The van der Waals surface area contributed by atoms with Gasteiger partial charge >= 0.3 is 0 Å². The molecule has 1 fully saturated rings. The van der Waals surface area contributed by atoms with Crippen LogP contribution in [0, 0.1) is 5.82 Å². The molecule has 0 spiro atoms. The minimum absolute atomic E-state index is 0.237. The lowest BCUT2D eigenvalue weighted by molar-refractivity contribution is -0.0523. The summed E-state index contributed by atoms with van der Waals surface area (Å²) < 4.78 is 25.3. The minimum atomic E-state index is -0.462. The molecular formula is C12H11FN2O3. The number of hydrogen-bond acceptors (Lipinski definition) is 4. The molecule has 0 unspecified atom stereocenters. The third-order valence-electron chi connectivity index (χ3n) is 2.83. The number of nitrogens with zero attached hydrogens (tertiary/aromatic N) is 2. The zero-order chi connectivity index (χ0) is 12.5. The molecule has 0 N–H and O–H groups in total. The third kappa shape index (κ3) is 2.00. The lowest BCUT2D eigenvalue weighted by atomic mass is 10.3. The summed E-state index contributed by atoms with van der Waals surface area (Å²) in [6.45, 7) is 1.26. The van der Waals surface area contributed by atoms with Crippen molar-refractivity contribution in [3.8, 4) is 0 Å². The van der Waals surface area contributed by atoms with Crippen LogP contribution in [-0.2, 0) is 16.0 Å². The number of rotatable bonds is 2. The third-order valence-corrected chi connectivity index (χ3v) is 2.83. The monoisotopic (exact) mass is 250 g/mol. The Balaban J connectivity index is 2.10. The van der Waals surface area contributed by atoms with Crippen LogP contribution in [0.2, 0.25) is 0 Å². The maximum Gasteiger partial charge on any atom is 0.269 e. The van der Waals surface area contributed by atoms with Gasteiger partial charge in [0.05, 0.1) is 37.0 Å². The van der Waals surface area contributed by atoms with Gasteiger partial charge in [0, 0.05) is 0 Å². The van der Waals surface area contributed by atoms with E-state index < -0.39 is 12.1 Å². The highest BCUT2D eigenvalue weighted by molar-refractivity contribution is 5.74. The van der Waals surface area contributed by atoms with Crippen molar-refractivity contribution in [1.82, 2.24) is 9.55 Å². The van der Waals surface area contributed by atoms with E-state index in [2.05, 4.69) is 4.98 Å². The number of fused-ring (bicyclic) bond motifs is 1. The average molecular weight is 250 g/mol. The number of hydrogen-bond donors (Lipinski definition) is 0. The fraction of sp³-hybridized carbons (Fsp3) is 0.333. The van der Waals surface area contributed by atoms with Gasteiger partial charge in [0.25, 0.3) is 5.56 Å². The van der Waals surface area contributed by atoms with Crippen molar-refractivity contribution in [2.45, 2.75) is 12.8 Å². The van der Waals surface area contributed by atoms with E-state index in [-0.39, 0.29) is 12.1 Å². The van der Waals surface area contributed by atoms with Crippen molar-refractivity contribution in [2.75, 3.05) is 13.2 Å². The fourth-order valence-corrected chi connectivity index (χ4v) is 1.99. The van der Waals surface area contributed by atoms with Gasteiger partial charge in [0.2, 0.25) is 0 Å². The molecule has 0 bridgehead atoms. The molecule has 5 nitrogen and oxygen atoms in total. The minimum Gasteiger partial charge on any atom is -0.348 e. The summed E-state index contributed by atoms with van der Waals surface area (Å²) in [6.07, 6.45) is 0.756. The molecule has 94 valence electrons. The van der Waals surface area contributed by atoms with Crippen molar-refractivity contribution in [3.05, 3.63) is 40.6 Å². The van der Waals surface area contributed by atoms with Crippen LogP contribution < -0.4 is 5.56 Å². The lowest BCUT2D eigenvalue weighted by Crippen LogP contribution is -2.27. The number of benzene rings is 1. The van der Waals surface area contributed by atoms with Crippen molar-refractivity contribution < 1.29 is 13.9 Å². The molecule has 1 aliphatic heterocycles. The Morgan fingerprint density at radius 3 is 2.94 bits per heavy atom. The molecule has 1 aromatic heterocycles. The van der Waals surface area contributed by atoms with Gasteiger partial charge in [-0.25, -0.2) is 9.37 Å². The second-order valence-corrected chi connectivity index (χ2v) is 4.01. The van der Waals surface area contributed by atoms with E-state index in [0.717, 1.165) is 0 Å². The molecule has 0 radical (unpaired) electrons. The Labute approximate surface area is 102 Å². The molecule has 2 aromatic rings. The number of aromatic nitrogens is 2. The Bertz CT molecular complexity index is 635. The molecule has 0 atom stereocenters. The zero-order valence-electron chi connectivity index (χ0n) is 9.51. The quantitative estimate of drug-likeness (QED) is 0.795. The highest BCUT2D eigenvalue weighted by atomic mass is 19.1. The highest BCUT2D eigenvalue weighted by Crippen LogP contribution is 2.13. The summed E-state index contributed by atoms with van der Waals surface area (Å²) in [4.78, 5) is 15.8. The molecule has 1 aliphatic rings. The normalized spacial score (nSPS) is 16.5. The standard InChI is InChI=1S/C12H11FN2O3/c13-8-1-2-9-10(5-8)15(11(16)6-14-9)7-12-17-3-4-18-12/h1-2,5-6,12H,3-4,7H2. The summed E-state index contributed by atoms with van der Waals surface area (Å²) in [5.74, 6) is -0.406. The van der Waals surface area contributed by atoms with Gasteiger partial charge in [-0.2, -0.15) is 0 Å². The van der Waals surface area contributed by atoms with Crippen LogP contribution in [0.1, 0.15) is 0 Å². The van der Waals surface area contributed by atoms with Crippen molar-refractivity contribution in [1.29, 1.82) is 0 Å². The van der Waals surface area contributed by atoms with Crippen LogP contribution >= 0.6 is 0 Å².